The SMILES string of the molecule is CN1CCCC(NC(=O)c2ccc(Br)c(C(F)(F)F)c2)C1. The lowest BCUT2D eigenvalue weighted by Crippen LogP contribution is -2.46. The van der Waals surface area contributed by atoms with E-state index in [4.69, 9.17) is 0 Å². The molecule has 0 radical (unpaired) electrons. The number of carbonyl (C=O) groups is 1. The van der Waals surface area contributed by atoms with Gasteiger partial charge in [0, 0.05) is 22.6 Å². The third-order valence-electron chi connectivity index (χ3n) is 3.49. The van der Waals surface area contributed by atoms with E-state index in [2.05, 4.69) is 26.1 Å². The second-order valence-corrected chi connectivity index (χ2v) is 6.12. The van der Waals surface area contributed by atoms with Crippen LogP contribution in [0.2, 0.25) is 0 Å². The summed E-state index contributed by atoms with van der Waals surface area (Å²) in [4.78, 5) is 14.2. The third-order valence-corrected chi connectivity index (χ3v) is 4.19. The molecule has 1 N–H and O–H groups in total. The first-order valence-corrected chi connectivity index (χ1v) is 7.43. The lowest BCUT2D eigenvalue weighted by molar-refractivity contribution is -0.138. The van der Waals surface area contributed by atoms with Gasteiger partial charge in [0.2, 0.25) is 0 Å². The van der Waals surface area contributed by atoms with Crippen LogP contribution in [0, 0.1) is 0 Å². The summed E-state index contributed by atoms with van der Waals surface area (Å²) in [7, 11) is 1.96. The number of hydrogen-bond acceptors (Lipinski definition) is 2. The van der Waals surface area contributed by atoms with Crippen molar-refractivity contribution in [2.24, 2.45) is 0 Å². The molecule has 21 heavy (non-hydrogen) atoms. The molecule has 1 aromatic carbocycles. The Hall–Kier alpha value is -1.08. The van der Waals surface area contributed by atoms with E-state index < -0.39 is 17.6 Å². The average Bonchev–Trinajstić information content (AvgIpc) is 2.37. The van der Waals surface area contributed by atoms with Crippen LogP contribution in [0.15, 0.2) is 22.7 Å². The number of benzene rings is 1. The summed E-state index contributed by atoms with van der Waals surface area (Å²) in [6, 6.07) is 3.51. The van der Waals surface area contributed by atoms with E-state index in [9.17, 15) is 18.0 Å². The summed E-state index contributed by atoms with van der Waals surface area (Å²) < 4.78 is 38.4. The highest BCUT2D eigenvalue weighted by atomic mass is 79.9. The normalized spacial score (nSPS) is 20.3. The predicted octanol–water partition coefficient (Wildman–Crippen LogP) is 3.29. The van der Waals surface area contributed by atoms with Crippen LogP contribution in [0.3, 0.4) is 0 Å². The van der Waals surface area contributed by atoms with Crippen molar-refractivity contribution in [2.45, 2.75) is 25.1 Å². The van der Waals surface area contributed by atoms with Crippen LogP contribution in [-0.2, 0) is 6.18 Å². The molecule has 3 nitrogen and oxygen atoms in total. The molecule has 2 rings (SSSR count). The molecule has 1 aliphatic heterocycles. The quantitative estimate of drug-likeness (QED) is 0.873. The van der Waals surface area contributed by atoms with Gasteiger partial charge >= 0.3 is 6.18 Å². The van der Waals surface area contributed by atoms with Gasteiger partial charge in [-0.05, 0) is 44.6 Å². The molecule has 0 bridgehead atoms. The zero-order valence-electron chi connectivity index (χ0n) is 11.5. The fourth-order valence-corrected chi connectivity index (χ4v) is 2.91. The molecule has 1 heterocycles. The number of alkyl halides is 3. The van der Waals surface area contributed by atoms with Gasteiger partial charge in [-0.15, -0.1) is 0 Å². The Labute approximate surface area is 129 Å². The zero-order valence-corrected chi connectivity index (χ0v) is 13.1. The van der Waals surface area contributed by atoms with Crippen molar-refractivity contribution in [1.29, 1.82) is 0 Å². The van der Waals surface area contributed by atoms with Crippen LogP contribution in [0.1, 0.15) is 28.8 Å². The maximum atomic E-state index is 12.8. The van der Waals surface area contributed by atoms with Gasteiger partial charge in [0.25, 0.3) is 5.91 Å². The predicted molar refractivity (Wildman–Crippen MR) is 77.1 cm³/mol. The highest BCUT2D eigenvalue weighted by Crippen LogP contribution is 2.35. The van der Waals surface area contributed by atoms with Gasteiger partial charge in [-0.25, -0.2) is 0 Å². The van der Waals surface area contributed by atoms with E-state index >= 15 is 0 Å². The van der Waals surface area contributed by atoms with Crippen molar-refractivity contribution >= 4 is 21.8 Å². The number of halogens is 4. The summed E-state index contributed by atoms with van der Waals surface area (Å²) in [6.07, 6.45) is -2.67. The third kappa shape index (κ3) is 4.20. The van der Waals surface area contributed by atoms with Gasteiger partial charge in [0.05, 0.1) is 5.56 Å². The van der Waals surface area contributed by atoms with Gasteiger partial charge in [-0.3, -0.25) is 4.79 Å². The molecule has 7 heteroatoms. The van der Waals surface area contributed by atoms with E-state index in [1.54, 1.807) is 0 Å². The lowest BCUT2D eigenvalue weighted by atomic mass is 10.0. The number of rotatable bonds is 2. The van der Waals surface area contributed by atoms with Crippen molar-refractivity contribution in [3.8, 4) is 0 Å². The molecule has 1 aliphatic rings. The monoisotopic (exact) mass is 364 g/mol. The standard InChI is InChI=1S/C14H16BrF3N2O/c1-20-6-2-3-10(8-20)19-13(21)9-4-5-12(15)11(7-9)14(16,17)18/h4-5,7,10H,2-3,6,8H2,1H3,(H,19,21). The minimum absolute atomic E-state index is 0.0192. The Morgan fingerprint density at radius 3 is 2.76 bits per heavy atom. The Balaban J connectivity index is 2.12. The Kier molecular flexibility index (Phi) is 4.93. The summed E-state index contributed by atoms with van der Waals surface area (Å²) in [5.41, 5.74) is -0.810. The van der Waals surface area contributed by atoms with Crippen molar-refractivity contribution in [2.75, 3.05) is 20.1 Å². The molecule has 0 aliphatic carbocycles. The largest absolute Gasteiger partial charge is 0.417 e. The van der Waals surface area contributed by atoms with Crippen molar-refractivity contribution in [3.05, 3.63) is 33.8 Å². The van der Waals surface area contributed by atoms with E-state index in [0.717, 1.165) is 25.5 Å². The van der Waals surface area contributed by atoms with Crippen molar-refractivity contribution in [3.63, 3.8) is 0 Å². The molecule has 1 fully saturated rings. The number of carbonyl (C=O) groups excluding carboxylic acids is 1. The van der Waals surface area contributed by atoms with Gasteiger partial charge < -0.3 is 10.2 Å². The van der Waals surface area contributed by atoms with Crippen molar-refractivity contribution < 1.29 is 18.0 Å². The molecule has 1 aromatic rings. The maximum absolute atomic E-state index is 12.8. The Bertz CT molecular complexity index is 533. The molecule has 1 atom stereocenters. The number of amides is 1. The van der Waals surface area contributed by atoms with E-state index in [-0.39, 0.29) is 16.1 Å². The van der Waals surface area contributed by atoms with Crippen LogP contribution in [0.4, 0.5) is 13.2 Å². The zero-order chi connectivity index (χ0) is 15.6. The molecule has 1 saturated heterocycles. The van der Waals surface area contributed by atoms with Gasteiger partial charge in [-0.2, -0.15) is 13.2 Å². The number of likely N-dealkylation sites (N-methyl/N-ethyl adjacent to an activating group) is 1. The number of nitrogens with one attached hydrogen (secondary N) is 1. The molecular formula is C14H16BrF3N2O. The maximum Gasteiger partial charge on any atom is 0.417 e. The summed E-state index contributed by atoms with van der Waals surface area (Å²) in [5.74, 6) is -0.465. The van der Waals surface area contributed by atoms with Crippen LogP contribution in [-0.4, -0.2) is 37.0 Å². The molecule has 0 saturated carbocycles. The fourth-order valence-electron chi connectivity index (χ4n) is 2.44. The number of piperidine rings is 1. The first-order chi connectivity index (χ1) is 9.77. The molecule has 1 amide bonds. The molecular weight excluding hydrogens is 349 g/mol. The summed E-state index contributed by atoms with van der Waals surface area (Å²) in [6.45, 7) is 1.69. The fraction of sp³-hybridized carbons (Fsp3) is 0.500. The lowest BCUT2D eigenvalue weighted by Gasteiger charge is -2.30. The summed E-state index contributed by atoms with van der Waals surface area (Å²) in [5, 5.41) is 2.80. The van der Waals surface area contributed by atoms with Gasteiger partial charge in [0.15, 0.2) is 0 Å². The smallest absolute Gasteiger partial charge is 0.348 e. The topological polar surface area (TPSA) is 32.3 Å². The van der Waals surface area contributed by atoms with Crippen LogP contribution in [0.5, 0.6) is 0 Å². The van der Waals surface area contributed by atoms with Crippen LogP contribution < -0.4 is 5.32 Å². The molecule has 0 aromatic heterocycles. The summed E-state index contributed by atoms with van der Waals surface area (Å²) >= 11 is 2.86. The second kappa shape index (κ2) is 6.36. The van der Waals surface area contributed by atoms with E-state index in [1.807, 2.05) is 7.05 Å². The van der Waals surface area contributed by atoms with Gasteiger partial charge in [0.1, 0.15) is 0 Å². The van der Waals surface area contributed by atoms with E-state index in [1.165, 1.54) is 12.1 Å². The Morgan fingerprint density at radius 1 is 1.43 bits per heavy atom. The molecule has 1 unspecified atom stereocenters. The molecule has 0 spiro atoms. The number of likely N-dealkylation sites (tertiary alicyclic amines) is 1. The first-order valence-electron chi connectivity index (χ1n) is 6.63. The van der Waals surface area contributed by atoms with Gasteiger partial charge in [-0.1, -0.05) is 15.9 Å². The van der Waals surface area contributed by atoms with Crippen LogP contribution >= 0.6 is 15.9 Å². The van der Waals surface area contributed by atoms with Crippen LogP contribution in [0.25, 0.3) is 0 Å². The minimum Gasteiger partial charge on any atom is -0.348 e. The second-order valence-electron chi connectivity index (χ2n) is 5.27. The highest BCUT2D eigenvalue weighted by Gasteiger charge is 2.33. The average molecular weight is 365 g/mol. The Morgan fingerprint density at radius 2 is 2.14 bits per heavy atom. The number of hydrogen-bond donors (Lipinski definition) is 1. The van der Waals surface area contributed by atoms with Crippen molar-refractivity contribution in [1.82, 2.24) is 10.2 Å². The molecule has 116 valence electrons. The highest BCUT2D eigenvalue weighted by molar-refractivity contribution is 9.10. The number of nitrogens with zero attached hydrogens (tertiary/aromatic N) is 1. The van der Waals surface area contributed by atoms with E-state index in [0.29, 0.717) is 6.54 Å². The minimum atomic E-state index is -4.49. The first kappa shape index (κ1) is 16.3.